The van der Waals surface area contributed by atoms with Gasteiger partial charge >= 0.3 is 0 Å². The van der Waals surface area contributed by atoms with Crippen LogP contribution in [0.5, 0.6) is 11.5 Å². The van der Waals surface area contributed by atoms with Gasteiger partial charge in [-0.3, -0.25) is 14.3 Å². The highest BCUT2D eigenvalue weighted by Gasteiger charge is 2.17. The molecular formula is C24H23N5O3S. The molecule has 2 aromatic carbocycles. The zero-order chi connectivity index (χ0) is 23.2. The molecule has 0 fully saturated rings. The van der Waals surface area contributed by atoms with Gasteiger partial charge in [-0.25, -0.2) is 0 Å². The molecule has 1 amide bonds. The molecule has 168 valence electrons. The smallest absolute Gasteiger partial charge is 0.234 e. The SMILES string of the molecule is COc1ccc(NC(=O)CSc2nnc(-c3ccncc3)n2-c2ccc(C)cc2)cc1OC. The minimum atomic E-state index is -0.170. The second-order valence-electron chi connectivity index (χ2n) is 7.12. The Morgan fingerprint density at radius 1 is 0.970 bits per heavy atom. The molecule has 2 heterocycles. The Bertz CT molecular complexity index is 1240. The third-order valence-electron chi connectivity index (χ3n) is 4.86. The second-order valence-corrected chi connectivity index (χ2v) is 8.06. The Labute approximate surface area is 196 Å². The molecule has 1 N–H and O–H groups in total. The molecule has 2 aromatic heterocycles. The van der Waals surface area contributed by atoms with Gasteiger partial charge in [-0.1, -0.05) is 29.5 Å². The third kappa shape index (κ3) is 5.15. The van der Waals surface area contributed by atoms with E-state index in [0.29, 0.717) is 28.2 Å². The highest BCUT2D eigenvalue weighted by molar-refractivity contribution is 7.99. The van der Waals surface area contributed by atoms with Gasteiger partial charge in [0.2, 0.25) is 5.91 Å². The molecule has 4 aromatic rings. The summed E-state index contributed by atoms with van der Waals surface area (Å²) in [5.74, 6) is 1.82. The van der Waals surface area contributed by atoms with E-state index in [0.717, 1.165) is 16.8 Å². The molecule has 0 spiro atoms. The average Bonchev–Trinajstić information content (AvgIpc) is 3.27. The van der Waals surface area contributed by atoms with E-state index in [1.807, 2.05) is 47.9 Å². The summed E-state index contributed by atoms with van der Waals surface area (Å²) in [6, 6.07) is 17.1. The summed E-state index contributed by atoms with van der Waals surface area (Å²) in [5, 5.41) is 12.3. The number of hydrogen-bond acceptors (Lipinski definition) is 7. The van der Waals surface area contributed by atoms with Crippen molar-refractivity contribution in [2.45, 2.75) is 12.1 Å². The van der Waals surface area contributed by atoms with E-state index in [1.165, 1.54) is 11.8 Å². The fraction of sp³-hybridized carbons (Fsp3) is 0.167. The summed E-state index contributed by atoms with van der Waals surface area (Å²) < 4.78 is 12.5. The minimum absolute atomic E-state index is 0.161. The number of anilines is 1. The van der Waals surface area contributed by atoms with Gasteiger partial charge < -0.3 is 14.8 Å². The first kappa shape index (κ1) is 22.3. The summed E-state index contributed by atoms with van der Waals surface area (Å²) in [5.41, 5.74) is 3.58. The highest BCUT2D eigenvalue weighted by atomic mass is 32.2. The maximum Gasteiger partial charge on any atom is 0.234 e. The first-order valence-electron chi connectivity index (χ1n) is 10.2. The van der Waals surface area contributed by atoms with Crippen molar-refractivity contribution in [1.29, 1.82) is 0 Å². The summed E-state index contributed by atoms with van der Waals surface area (Å²) in [4.78, 5) is 16.7. The number of hydrogen-bond donors (Lipinski definition) is 1. The fourth-order valence-corrected chi connectivity index (χ4v) is 3.97. The number of methoxy groups -OCH3 is 2. The highest BCUT2D eigenvalue weighted by Crippen LogP contribution is 2.31. The lowest BCUT2D eigenvalue weighted by molar-refractivity contribution is -0.113. The van der Waals surface area contributed by atoms with E-state index in [-0.39, 0.29) is 11.7 Å². The number of ether oxygens (including phenoxy) is 2. The van der Waals surface area contributed by atoms with Gasteiger partial charge in [0.25, 0.3) is 0 Å². The Kier molecular flexibility index (Phi) is 6.89. The minimum Gasteiger partial charge on any atom is -0.493 e. The van der Waals surface area contributed by atoms with Crippen molar-refractivity contribution in [3.63, 3.8) is 0 Å². The van der Waals surface area contributed by atoms with Gasteiger partial charge in [0, 0.05) is 35.4 Å². The Morgan fingerprint density at radius 2 is 1.70 bits per heavy atom. The van der Waals surface area contributed by atoms with Crippen LogP contribution in [0.3, 0.4) is 0 Å². The zero-order valence-electron chi connectivity index (χ0n) is 18.5. The average molecular weight is 462 g/mol. The van der Waals surface area contributed by atoms with Crippen LogP contribution in [-0.4, -0.2) is 45.6 Å². The summed E-state index contributed by atoms with van der Waals surface area (Å²) in [6.45, 7) is 2.04. The number of pyridine rings is 1. The van der Waals surface area contributed by atoms with Crippen LogP contribution < -0.4 is 14.8 Å². The normalized spacial score (nSPS) is 10.6. The Balaban J connectivity index is 1.55. The van der Waals surface area contributed by atoms with Crippen molar-refractivity contribution in [2.75, 3.05) is 25.3 Å². The largest absolute Gasteiger partial charge is 0.493 e. The van der Waals surface area contributed by atoms with Crippen molar-refractivity contribution < 1.29 is 14.3 Å². The van der Waals surface area contributed by atoms with E-state index in [2.05, 4.69) is 20.5 Å². The Morgan fingerprint density at radius 3 is 2.39 bits per heavy atom. The van der Waals surface area contributed by atoms with Crippen LogP contribution in [0.1, 0.15) is 5.56 Å². The molecule has 4 rings (SSSR count). The molecule has 0 saturated heterocycles. The maximum atomic E-state index is 12.6. The molecule has 0 aliphatic rings. The van der Waals surface area contributed by atoms with Crippen molar-refractivity contribution >= 4 is 23.4 Å². The molecule has 0 atom stereocenters. The maximum absolute atomic E-state index is 12.6. The number of carbonyl (C=O) groups excluding carboxylic acids is 1. The first-order valence-corrected chi connectivity index (χ1v) is 11.1. The number of thioether (sulfide) groups is 1. The lowest BCUT2D eigenvalue weighted by Gasteiger charge is -2.12. The van der Waals surface area contributed by atoms with Crippen LogP contribution in [0.2, 0.25) is 0 Å². The van der Waals surface area contributed by atoms with E-state index in [4.69, 9.17) is 9.47 Å². The topological polar surface area (TPSA) is 91.2 Å². The number of benzene rings is 2. The number of amides is 1. The first-order chi connectivity index (χ1) is 16.1. The van der Waals surface area contributed by atoms with E-state index in [1.54, 1.807) is 44.8 Å². The van der Waals surface area contributed by atoms with E-state index in [9.17, 15) is 4.79 Å². The number of rotatable bonds is 8. The van der Waals surface area contributed by atoms with Crippen LogP contribution in [0.15, 0.2) is 72.1 Å². The molecule has 9 heteroatoms. The number of carbonyl (C=O) groups is 1. The van der Waals surface area contributed by atoms with Crippen molar-refractivity contribution in [3.8, 4) is 28.6 Å². The molecule has 0 aliphatic carbocycles. The predicted octanol–water partition coefficient (Wildman–Crippen LogP) is 4.39. The van der Waals surface area contributed by atoms with Gasteiger partial charge in [0.05, 0.1) is 20.0 Å². The number of nitrogens with one attached hydrogen (secondary N) is 1. The molecule has 33 heavy (non-hydrogen) atoms. The van der Waals surface area contributed by atoms with Crippen LogP contribution in [-0.2, 0) is 4.79 Å². The fourth-order valence-electron chi connectivity index (χ4n) is 3.22. The molecule has 0 radical (unpaired) electrons. The van der Waals surface area contributed by atoms with Crippen LogP contribution in [0, 0.1) is 6.92 Å². The monoisotopic (exact) mass is 461 g/mol. The lowest BCUT2D eigenvalue weighted by Crippen LogP contribution is -2.14. The summed E-state index contributed by atoms with van der Waals surface area (Å²) in [6.07, 6.45) is 3.43. The van der Waals surface area contributed by atoms with Crippen molar-refractivity contribution in [1.82, 2.24) is 19.7 Å². The predicted molar refractivity (Wildman–Crippen MR) is 128 cm³/mol. The van der Waals surface area contributed by atoms with Gasteiger partial charge in [-0.2, -0.15) is 0 Å². The van der Waals surface area contributed by atoms with Crippen LogP contribution >= 0.6 is 11.8 Å². The molecule has 0 bridgehead atoms. The molecule has 0 saturated carbocycles. The summed E-state index contributed by atoms with van der Waals surface area (Å²) in [7, 11) is 3.12. The van der Waals surface area contributed by atoms with Crippen molar-refractivity contribution in [2.24, 2.45) is 0 Å². The lowest BCUT2D eigenvalue weighted by atomic mass is 10.2. The van der Waals surface area contributed by atoms with Gasteiger partial charge in [-0.05, 0) is 43.3 Å². The zero-order valence-corrected chi connectivity index (χ0v) is 19.3. The number of aryl methyl sites for hydroxylation is 1. The van der Waals surface area contributed by atoms with Crippen LogP contribution in [0.4, 0.5) is 5.69 Å². The van der Waals surface area contributed by atoms with Gasteiger partial charge in [-0.15, -0.1) is 10.2 Å². The number of aromatic nitrogens is 4. The van der Waals surface area contributed by atoms with Gasteiger partial charge in [0.1, 0.15) is 0 Å². The number of nitrogens with zero attached hydrogens (tertiary/aromatic N) is 4. The van der Waals surface area contributed by atoms with E-state index >= 15 is 0 Å². The standard InChI is InChI=1S/C24H23N5O3S/c1-16-4-7-19(8-5-16)29-23(17-10-12-25-13-11-17)27-28-24(29)33-15-22(30)26-18-6-9-20(31-2)21(14-18)32-3/h4-14H,15H2,1-3H3,(H,26,30). The van der Waals surface area contributed by atoms with Crippen molar-refractivity contribution in [3.05, 3.63) is 72.6 Å². The molecule has 0 aliphatic heterocycles. The van der Waals surface area contributed by atoms with E-state index < -0.39 is 0 Å². The Hall–Kier alpha value is -3.85. The van der Waals surface area contributed by atoms with Crippen LogP contribution in [0.25, 0.3) is 17.1 Å². The van der Waals surface area contributed by atoms with Gasteiger partial charge in [0.15, 0.2) is 22.5 Å². The molecule has 0 unspecified atom stereocenters. The molecular weight excluding hydrogens is 438 g/mol. The summed E-state index contributed by atoms with van der Waals surface area (Å²) >= 11 is 1.31. The second kappa shape index (κ2) is 10.2. The quantitative estimate of drug-likeness (QED) is 0.389. The third-order valence-corrected chi connectivity index (χ3v) is 5.79. The molecule has 8 nitrogen and oxygen atoms in total.